The van der Waals surface area contributed by atoms with Gasteiger partial charge in [0.2, 0.25) is 0 Å². The van der Waals surface area contributed by atoms with Gasteiger partial charge in [0, 0.05) is 24.2 Å². The van der Waals surface area contributed by atoms with Crippen LogP contribution in [0.25, 0.3) is 22.5 Å². The number of ether oxygens (including phenoxy) is 1. The molecule has 3 heterocycles. The number of aromatic nitrogens is 4. The molecule has 194 valence electrons. The Labute approximate surface area is 265 Å². The maximum absolute atomic E-state index is 13.7. The maximum Gasteiger partial charge on any atom is 1.00 e. The van der Waals surface area contributed by atoms with Crippen molar-refractivity contribution in [3.63, 3.8) is 0 Å². The number of hydrogen-bond donors (Lipinski definition) is 1. The number of aromatic amines is 1. The fourth-order valence-electron chi connectivity index (χ4n) is 5.04. The Hall–Kier alpha value is -2.14. The molecule has 1 unspecified atom stereocenters. The molecule has 1 aliphatic heterocycles. The van der Waals surface area contributed by atoms with Crippen LogP contribution in [0, 0.1) is 6.92 Å². The molecule has 2 aromatic carbocycles. The van der Waals surface area contributed by atoms with Crippen LogP contribution in [0.5, 0.6) is 0 Å². The Morgan fingerprint density at radius 3 is 2.50 bits per heavy atom. The van der Waals surface area contributed by atoms with Gasteiger partial charge in [-0.15, -0.1) is 0 Å². The molecule has 0 bridgehead atoms. The molecular weight excluding hydrogens is 507 g/mol. The van der Waals surface area contributed by atoms with Crippen molar-refractivity contribution in [2.75, 3.05) is 6.61 Å². The van der Waals surface area contributed by atoms with Crippen LogP contribution in [0.1, 0.15) is 56.7 Å². The summed E-state index contributed by atoms with van der Waals surface area (Å²) in [5.41, 5.74) is 5.41. The van der Waals surface area contributed by atoms with Crippen molar-refractivity contribution >= 4 is 0 Å². The van der Waals surface area contributed by atoms with Crippen LogP contribution in [-0.2, 0) is 24.1 Å². The first-order valence-electron chi connectivity index (χ1n) is 13.0. The van der Waals surface area contributed by atoms with Crippen molar-refractivity contribution < 1.29 is 62.1 Å². The van der Waals surface area contributed by atoms with Crippen molar-refractivity contribution in [1.29, 1.82) is 0 Å². The third-order valence-corrected chi connectivity index (χ3v) is 6.95. The molecular formula is C29H33KN4O4. The zero-order chi connectivity index (χ0) is 25.8. The fourth-order valence-corrected chi connectivity index (χ4v) is 5.04. The minimum atomic E-state index is -0.588. The zero-order valence-electron chi connectivity index (χ0n) is 23.3. The quantitative estimate of drug-likeness (QED) is 0.342. The van der Waals surface area contributed by atoms with Crippen LogP contribution in [0.3, 0.4) is 0 Å². The van der Waals surface area contributed by atoms with E-state index in [1.54, 1.807) is 4.57 Å². The molecule has 0 amide bonds. The van der Waals surface area contributed by atoms with Gasteiger partial charge in [0.1, 0.15) is 5.82 Å². The summed E-state index contributed by atoms with van der Waals surface area (Å²) in [6, 6.07) is 15.9. The predicted molar refractivity (Wildman–Crippen MR) is 143 cm³/mol. The van der Waals surface area contributed by atoms with Gasteiger partial charge >= 0.3 is 57.1 Å². The first-order valence-corrected chi connectivity index (χ1v) is 13.0. The van der Waals surface area contributed by atoms with Gasteiger partial charge in [0.05, 0.1) is 18.3 Å². The molecule has 1 fully saturated rings. The van der Waals surface area contributed by atoms with Gasteiger partial charge in [-0.2, -0.15) is 0 Å². The Bertz CT molecular complexity index is 1490. The van der Waals surface area contributed by atoms with Crippen molar-refractivity contribution in [1.82, 2.24) is 19.7 Å². The van der Waals surface area contributed by atoms with E-state index in [-0.39, 0.29) is 64.5 Å². The monoisotopic (exact) mass is 540 g/mol. The summed E-state index contributed by atoms with van der Waals surface area (Å²) < 4.78 is 12.4. The number of hydrogen-bond acceptors (Lipinski definition) is 6. The van der Waals surface area contributed by atoms with Crippen molar-refractivity contribution in [2.24, 2.45) is 0 Å². The summed E-state index contributed by atoms with van der Waals surface area (Å²) in [7, 11) is 0. The van der Waals surface area contributed by atoms with Gasteiger partial charge in [-0.1, -0.05) is 67.0 Å². The van der Waals surface area contributed by atoms with Gasteiger partial charge in [0.15, 0.2) is 5.82 Å². The molecule has 1 atom stereocenters. The second-order valence-electron chi connectivity index (χ2n) is 9.60. The van der Waals surface area contributed by atoms with E-state index >= 15 is 0 Å². The molecule has 38 heavy (non-hydrogen) atoms. The first kappa shape index (κ1) is 28.9. The number of benzene rings is 2. The van der Waals surface area contributed by atoms with Crippen LogP contribution in [0.2, 0.25) is 0 Å². The molecule has 4 aromatic rings. The summed E-state index contributed by atoms with van der Waals surface area (Å²) >= 11 is 0. The molecule has 0 saturated carbocycles. The Kier molecular flexibility index (Phi) is 10.1. The molecule has 9 heteroatoms. The molecule has 8 nitrogen and oxygen atoms in total. The van der Waals surface area contributed by atoms with Gasteiger partial charge in [-0.05, 0) is 49.3 Å². The summed E-state index contributed by atoms with van der Waals surface area (Å²) in [5, 5.41) is 3.84. The summed E-state index contributed by atoms with van der Waals surface area (Å²) in [6.07, 6.45) is 5.47. The predicted octanol–water partition coefficient (Wildman–Crippen LogP) is 1.79. The molecule has 1 saturated heterocycles. The molecule has 1 aliphatic rings. The van der Waals surface area contributed by atoms with E-state index in [0.29, 0.717) is 18.8 Å². The number of nitrogens with zero attached hydrogens (tertiary/aromatic N) is 3. The second-order valence-corrected chi connectivity index (χ2v) is 9.60. The second kappa shape index (κ2) is 13.3. The van der Waals surface area contributed by atoms with E-state index in [2.05, 4.69) is 17.1 Å². The van der Waals surface area contributed by atoms with Gasteiger partial charge in [0.25, 0.3) is 5.56 Å². The van der Waals surface area contributed by atoms with Crippen LogP contribution in [0.4, 0.5) is 0 Å². The van der Waals surface area contributed by atoms with E-state index in [1.807, 2.05) is 55.5 Å². The molecule has 0 radical (unpaired) electrons. The summed E-state index contributed by atoms with van der Waals surface area (Å²) in [4.78, 5) is 32.6. The van der Waals surface area contributed by atoms with Crippen LogP contribution in [0.15, 0.2) is 62.6 Å². The Balaban J connectivity index is 0.00000210. The van der Waals surface area contributed by atoms with Crippen molar-refractivity contribution in [3.05, 3.63) is 92.1 Å². The first-order chi connectivity index (χ1) is 18.0. The SMILES string of the molecule is CCCc1nc(C)n(CC2CCCCO2)c(=O)c1Cc1ccc(-c2ccccc2-c2noc(=O)[nH]2)cc1.[H-].[K+]. The molecule has 5 rings (SSSR count). The largest absolute Gasteiger partial charge is 1.00 e. The van der Waals surface area contributed by atoms with Crippen molar-refractivity contribution in [3.8, 4) is 22.5 Å². The minimum absolute atomic E-state index is 0. The maximum atomic E-state index is 13.7. The Morgan fingerprint density at radius 1 is 1.08 bits per heavy atom. The minimum Gasteiger partial charge on any atom is -1.00 e. The van der Waals surface area contributed by atoms with E-state index in [0.717, 1.165) is 78.0 Å². The third kappa shape index (κ3) is 6.52. The molecule has 0 aliphatic carbocycles. The smallest absolute Gasteiger partial charge is 1.00 e. The molecule has 0 spiro atoms. The van der Waals surface area contributed by atoms with Gasteiger partial charge < -0.3 is 6.16 Å². The number of rotatable bonds is 8. The van der Waals surface area contributed by atoms with E-state index in [4.69, 9.17) is 14.2 Å². The molecule has 2 aromatic heterocycles. The summed E-state index contributed by atoms with van der Waals surface area (Å²) in [6.45, 7) is 5.34. The van der Waals surface area contributed by atoms with E-state index in [9.17, 15) is 9.59 Å². The molecule has 1 N–H and O–H groups in total. The standard InChI is InChI=1S/C29H32N4O4.K.H/c1-3-8-26-25(28(34)33(19(2)30-26)18-22-9-6-7-16-36-22)17-20-12-14-21(15-13-20)23-10-4-5-11-24(23)27-31-29(35)37-32-27;;/h4-5,10-15,22H,3,6-9,16-18H2,1-2H3,(H,31,32,35);;/q;+1;-1. The average molecular weight is 541 g/mol. The third-order valence-electron chi connectivity index (χ3n) is 6.95. The number of H-pyrrole nitrogens is 1. The van der Waals surface area contributed by atoms with Crippen LogP contribution in [-0.4, -0.2) is 32.4 Å². The van der Waals surface area contributed by atoms with Gasteiger partial charge in [-0.3, -0.25) is 18.9 Å². The van der Waals surface area contributed by atoms with Crippen LogP contribution >= 0.6 is 0 Å². The number of nitrogens with one attached hydrogen (secondary N) is 1. The Morgan fingerprint density at radius 2 is 1.84 bits per heavy atom. The van der Waals surface area contributed by atoms with Crippen LogP contribution < -0.4 is 62.7 Å². The van der Waals surface area contributed by atoms with Gasteiger partial charge in [-0.25, -0.2) is 9.78 Å². The number of aryl methyl sites for hydroxylation is 2. The van der Waals surface area contributed by atoms with Crippen molar-refractivity contribution in [2.45, 2.75) is 65.0 Å². The average Bonchev–Trinajstić information content (AvgIpc) is 3.36. The normalized spacial score (nSPS) is 15.3. The van der Waals surface area contributed by atoms with E-state index in [1.165, 1.54) is 0 Å². The topological polar surface area (TPSA) is 103 Å². The van der Waals surface area contributed by atoms with E-state index < -0.39 is 5.76 Å². The summed E-state index contributed by atoms with van der Waals surface area (Å²) in [5.74, 6) is 0.557. The zero-order valence-corrected chi connectivity index (χ0v) is 25.5. The fraction of sp³-hybridized carbons (Fsp3) is 0.379.